The average molecular weight is 1070 g/mol. The quantitative estimate of drug-likeness (QED) is 0.120. The second-order valence-corrected chi connectivity index (χ2v) is 24.7. The van der Waals surface area contributed by atoms with E-state index < -0.39 is 0 Å². The lowest BCUT2D eigenvalue weighted by molar-refractivity contribution is 0.661. The highest BCUT2D eigenvalue weighted by molar-refractivity contribution is 6.27. The largest absolute Gasteiger partial charge is 0.309 e. The summed E-state index contributed by atoms with van der Waals surface area (Å²) in [5.41, 5.74) is 25.2. The van der Waals surface area contributed by atoms with E-state index in [1.807, 2.05) is 0 Å². The molecule has 2 heteroatoms. The fraction of sp³-hybridized carbons (Fsp3) is 0.0732. The topological polar surface area (TPSA) is 9.86 Å². The van der Waals surface area contributed by atoms with Crippen LogP contribution in [0.2, 0.25) is 0 Å². The molecule has 0 saturated heterocycles. The first-order valence-electron chi connectivity index (χ1n) is 29.7. The Bertz CT molecular complexity index is 5510. The molecular weight excluding hydrogens is 1010 g/mol. The number of aromatic nitrogens is 2. The second-order valence-electron chi connectivity index (χ2n) is 24.7. The van der Waals surface area contributed by atoms with Crippen LogP contribution in [0.5, 0.6) is 0 Å². The molecule has 0 saturated carbocycles. The van der Waals surface area contributed by atoms with Gasteiger partial charge in [-0.25, -0.2) is 0 Å². The Morgan fingerprint density at radius 2 is 0.643 bits per heavy atom. The van der Waals surface area contributed by atoms with Crippen LogP contribution >= 0.6 is 0 Å². The van der Waals surface area contributed by atoms with E-state index in [9.17, 15) is 0 Å². The zero-order valence-corrected chi connectivity index (χ0v) is 47.3. The summed E-state index contributed by atoms with van der Waals surface area (Å²) >= 11 is 0. The molecule has 14 aromatic carbocycles. The third-order valence-electron chi connectivity index (χ3n) is 19.7. The van der Waals surface area contributed by atoms with Gasteiger partial charge in [0.2, 0.25) is 0 Å². The van der Waals surface area contributed by atoms with Crippen molar-refractivity contribution in [1.29, 1.82) is 0 Å². The third kappa shape index (κ3) is 6.46. The molecule has 0 bridgehead atoms. The number of rotatable bonds is 5. The molecule has 0 atom stereocenters. The molecule has 0 amide bonds. The average Bonchev–Trinajstić information content (AvgIpc) is 1.50. The zero-order chi connectivity index (χ0) is 55.7. The monoisotopic (exact) mass is 1070 g/mol. The van der Waals surface area contributed by atoms with Crippen LogP contribution < -0.4 is 0 Å². The van der Waals surface area contributed by atoms with Crippen molar-refractivity contribution in [2.24, 2.45) is 0 Å². The Labute approximate surface area is 487 Å². The van der Waals surface area contributed by atoms with Crippen molar-refractivity contribution in [1.82, 2.24) is 9.13 Å². The highest BCUT2D eigenvalue weighted by atomic mass is 15.0. The van der Waals surface area contributed by atoms with Crippen LogP contribution in [-0.2, 0) is 10.8 Å². The lowest BCUT2D eigenvalue weighted by atomic mass is 9.82. The lowest BCUT2D eigenvalue weighted by Gasteiger charge is -2.22. The van der Waals surface area contributed by atoms with Crippen LogP contribution in [0.1, 0.15) is 49.9 Å². The van der Waals surface area contributed by atoms with Crippen molar-refractivity contribution >= 4 is 86.7 Å². The zero-order valence-electron chi connectivity index (χ0n) is 47.3. The summed E-state index contributed by atoms with van der Waals surface area (Å²) in [5, 5.41) is 15.0. The van der Waals surface area contributed by atoms with Gasteiger partial charge in [0.15, 0.2) is 0 Å². The molecule has 2 aliphatic carbocycles. The Morgan fingerprint density at radius 1 is 0.226 bits per heavy atom. The molecule has 394 valence electrons. The highest BCUT2D eigenvalue weighted by Gasteiger charge is 2.38. The first-order chi connectivity index (χ1) is 41.2. The molecule has 0 radical (unpaired) electrons. The van der Waals surface area contributed by atoms with E-state index in [0.717, 1.165) is 11.4 Å². The first kappa shape index (κ1) is 47.4. The number of benzene rings is 14. The molecule has 0 unspecified atom stereocenters. The van der Waals surface area contributed by atoms with Crippen molar-refractivity contribution in [3.63, 3.8) is 0 Å². The normalized spacial score (nSPS) is 13.9. The predicted molar refractivity (Wildman–Crippen MR) is 357 cm³/mol. The van der Waals surface area contributed by atoms with Gasteiger partial charge in [-0.15, -0.1) is 0 Å². The van der Waals surface area contributed by atoms with E-state index in [0.29, 0.717) is 0 Å². The van der Waals surface area contributed by atoms with Gasteiger partial charge >= 0.3 is 0 Å². The number of hydrogen-bond donors (Lipinski definition) is 0. The maximum Gasteiger partial charge on any atom is 0.0544 e. The van der Waals surface area contributed by atoms with Gasteiger partial charge in [0, 0.05) is 43.7 Å². The highest BCUT2D eigenvalue weighted by Crippen LogP contribution is 2.54. The van der Waals surface area contributed by atoms with Crippen molar-refractivity contribution in [3.05, 3.63) is 289 Å². The summed E-state index contributed by atoms with van der Waals surface area (Å²) in [6.45, 7) is 9.52. The summed E-state index contributed by atoms with van der Waals surface area (Å²) < 4.78 is 4.99. The van der Waals surface area contributed by atoms with Crippen LogP contribution in [0, 0.1) is 0 Å². The molecule has 0 spiro atoms. The number of hydrogen-bond acceptors (Lipinski definition) is 0. The van der Waals surface area contributed by atoms with Crippen molar-refractivity contribution in [2.75, 3.05) is 0 Å². The molecule has 0 fully saturated rings. The number of nitrogens with zero attached hydrogens (tertiary/aromatic N) is 2. The molecule has 2 heterocycles. The SMILES string of the molecule is CC1(C)c2ccccc2-c2cc3c4ccccc4n(-c4ccc(-c5c6ccccc6c(-c6ccc(-n7c8ccccc8c8cc9c(cc87)C(C)(C)c7ccccc7-9)cc6)c6cc7c(cc56)c(-c5ccccc5)cc5ccccc57)cc4)c3cc21. The van der Waals surface area contributed by atoms with Crippen LogP contribution in [0.4, 0.5) is 0 Å². The van der Waals surface area contributed by atoms with E-state index >= 15 is 0 Å². The Balaban J connectivity index is 0.860. The van der Waals surface area contributed by atoms with Gasteiger partial charge < -0.3 is 9.13 Å². The van der Waals surface area contributed by atoms with Gasteiger partial charge in [-0.05, 0) is 200 Å². The molecule has 84 heavy (non-hydrogen) atoms. The van der Waals surface area contributed by atoms with Gasteiger partial charge in [0.05, 0.1) is 22.1 Å². The smallest absolute Gasteiger partial charge is 0.0544 e. The minimum atomic E-state index is -0.114. The lowest BCUT2D eigenvalue weighted by Crippen LogP contribution is -2.14. The summed E-state index contributed by atoms with van der Waals surface area (Å²) in [4.78, 5) is 0. The van der Waals surface area contributed by atoms with Crippen molar-refractivity contribution in [2.45, 2.75) is 38.5 Å². The molecule has 2 aliphatic rings. The van der Waals surface area contributed by atoms with E-state index in [4.69, 9.17) is 0 Å². The van der Waals surface area contributed by atoms with Crippen molar-refractivity contribution < 1.29 is 0 Å². The molecule has 0 N–H and O–H groups in total. The van der Waals surface area contributed by atoms with Gasteiger partial charge in [0.1, 0.15) is 0 Å². The Morgan fingerprint density at radius 3 is 1.15 bits per heavy atom. The second kappa shape index (κ2) is 17.1. The van der Waals surface area contributed by atoms with Crippen LogP contribution in [0.25, 0.3) is 154 Å². The van der Waals surface area contributed by atoms with Crippen LogP contribution in [0.3, 0.4) is 0 Å². The fourth-order valence-electron chi connectivity index (χ4n) is 15.7. The maximum atomic E-state index is 2.52. The minimum Gasteiger partial charge on any atom is -0.309 e. The van der Waals surface area contributed by atoms with Gasteiger partial charge in [-0.1, -0.05) is 216 Å². The summed E-state index contributed by atoms with van der Waals surface area (Å²) in [5.74, 6) is 0. The molecule has 16 aromatic rings. The van der Waals surface area contributed by atoms with E-state index in [1.165, 1.54) is 165 Å². The third-order valence-corrected chi connectivity index (χ3v) is 19.7. The molecular formula is C82H56N2. The standard InChI is InChI=1S/C82H56N2/c1-81(2)71-30-16-12-24-56(71)65-45-67-58-26-14-18-32-75(58)83(77(67)47-73(65)81)53-38-34-50(35-39-53)79-60-28-10-11-29-61(60)80(70-44-64-62(49-20-6-5-7-21-49)42-52-22-8-9-23-55(52)63(64)43-69(70)79)51-36-40-54(41-37-51)84-76-33-19-15-27-59(76)68-46-66-57-25-13-17-31-72(57)82(3,4)74(66)48-78(68)84/h5-48H,1-4H3. The first-order valence-corrected chi connectivity index (χ1v) is 29.7. The van der Waals surface area contributed by atoms with Gasteiger partial charge in [-0.3, -0.25) is 0 Å². The molecule has 18 rings (SSSR count). The molecule has 2 nitrogen and oxygen atoms in total. The van der Waals surface area contributed by atoms with Crippen LogP contribution in [0.15, 0.2) is 267 Å². The number of fused-ring (bicyclic) bond motifs is 17. The summed E-state index contributed by atoms with van der Waals surface area (Å²) in [6.07, 6.45) is 0. The van der Waals surface area contributed by atoms with Gasteiger partial charge in [0.25, 0.3) is 0 Å². The van der Waals surface area contributed by atoms with Crippen molar-refractivity contribution in [3.8, 4) is 67.0 Å². The minimum absolute atomic E-state index is 0.114. The molecule has 0 aliphatic heterocycles. The molecule has 2 aromatic heterocycles. The Kier molecular flexibility index (Phi) is 9.67. The Hall–Kier alpha value is -10.3. The predicted octanol–water partition coefficient (Wildman–Crippen LogP) is 22.1. The van der Waals surface area contributed by atoms with Crippen LogP contribution in [-0.4, -0.2) is 9.13 Å². The summed E-state index contributed by atoms with van der Waals surface area (Å²) in [6, 6.07) is 101. The number of para-hydroxylation sites is 2. The van der Waals surface area contributed by atoms with E-state index in [-0.39, 0.29) is 10.8 Å². The van der Waals surface area contributed by atoms with E-state index in [1.54, 1.807) is 0 Å². The maximum absolute atomic E-state index is 2.52. The fourth-order valence-corrected chi connectivity index (χ4v) is 15.7. The van der Waals surface area contributed by atoms with Gasteiger partial charge in [-0.2, -0.15) is 0 Å². The summed E-state index contributed by atoms with van der Waals surface area (Å²) in [7, 11) is 0. The van der Waals surface area contributed by atoms with E-state index in [2.05, 4.69) is 304 Å².